The second kappa shape index (κ2) is 7.71. The fraction of sp³-hybridized carbons (Fsp3) is 0.238. The molecule has 4 rings (SSSR count). The van der Waals surface area contributed by atoms with E-state index in [1.165, 1.54) is 11.3 Å². The maximum Gasteiger partial charge on any atom is 0.265 e. The minimum absolute atomic E-state index is 0.0135. The molecule has 1 atom stereocenters. The Morgan fingerprint density at radius 1 is 1.30 bits per heavy atom. The number of rotatable bonds is 4. The average Bonchev–Trinajstić information content (AvgIpc) is 3.36. The van der Waals surface area contributed by atoms with E-state index >= 15 is 0 Å². The summed E-state index contributed by atoms with van der Waals surface area (Å²) in [6.07, 6.45) is 3.66. The van der Waals surface area contributed by atoms with Crippen LogP contribution in [0.25, 0.3) is 11.1 Å². The smallest absolute Gasteiger partial charge is 0.265 e. The van der Waals surface area contributed by atoms with Crippen molar-refractivity contribution in [3.8, 4) is 17.0 Å². The molecule has 138 valence electrons. The van der Waals surface area contributed by atoms with E-state index in [2.05, 4.69) is 17.1 Å². The molecule has 0 unspecified atom stereocenters. The molecule has 4 nitrogen and oxygen atoms in total. The van der Waals surface area contributed by atoms with E-state index < -0.39 is 0 Å². The van der Waals surface area contributed by atoms with E-state index in [1.807, 2.05) is 34.5 Å². The Balaban J connectivity index is 1.72. The van der Waals surface area contributed by atoms with Gasteiger partial charge in [0.15, 0.2) is 0 Å². The van der Waals surface area contributed by atoms with Crippen LogP contribution in [0.15, 0.2) is 54.0 Å². The number of hydrogen-bond donors (Lipinski definition) is 0. The fourth-order valence-corrected chi connectivity index (χ4v) is 4.74. The predicted octanol–water partition coefficient (Wildman–Crippen LogP) is 5.45. The summed E-state index contributed by atoms with van der Waals surface area (Å²) in [4.78, 5) is 19.9. The number of ether oxygens (including phenoxy) is 1. The summed E-state index contributed by atoms with van der Waals surface area (Å²) in [5, 5.41) is 2.39. The van der Waals surface area contributed by atoms with Gasteiger partial charge in [0.2, 0.25) is 5.88 Å². The van der Waals surface area contributed by atoms with Crippen LogP contribution in [-0.4, -0.2) is 29.4 Å². The van der Waals surface area contributed by atoms with Crippen LogP contribution >= 0.6 is 22.9 Å². The quantitative estimate of drug-likeness (QED) is 0.586. The lowest BCUT2D eigenvalue weighted by molar-refractivity contribution is 0.0741. The highest BCUT2D eigenvalue weighted by Gasteiger charge is 2.33. The van der Waals surface area contributed by atoms with E-state index in [4.69, 9.17) is 16.3 Å². The number of halogens is 1. The lowest BCUT2D eigenvalue weighted by Crippen LogP contribution is -2.30. The van der Waals surface area contributed by atoms with E-state index in [0.717, 1.165) is 36.1 Å². The molecular formula is C21H19ClN2O2S. The van der Waals surface area contributed by atoms with E-state index in [-0.39, 0.29) is 11.9 Å². The summed E-state index contributed by atoms with van der Waals surface area (Å²) in [5.74, 6) is 0.589. The first-order valence-corrected chi connectivity index (χ1v) is 10.1. The zero-order valence-corrected chi connectivity index (χ0v) is 16.5. The number of carbonyl (C=O) groups is 1. The van der Waals surface area contributed by atoms with Crippen LogP contribution in [0.1, 0.15) is 34.1 Å². The van der Waals surface area contributed by atoms with Gasteiger partial charge in [0.25, 0.3) is 5.91 Å². The van der Waals surface area contributed by atoms with Crippen LogP contribution in [0.5, 0.6) is 5.88 Å². The predicted molar refractivity (Wildman–Crippen MR) is 109 cm³/mol. The third kappa shape index (κ3) is 3.45. The van der Waals surface area contributed by atoms with Crippen LogP contribution in [0.2, 0.25) is 5.02 Å². The van der Waals surface area contributed by atoms with Gasteiger partial charge in [-0.25, -0.2) is 4.98 Å². The highest BCUT2D eigenvalue weighted by molar-refractivity contribution is 7.12. The Morgan fingerprint density at radius 2 is 2.15 bits per heavy atom. The van der Waals surface area contributed by atoms with Crippen molar-refractivity contribution in [3.05, 3.63) is 69.5 Å². The van der Waals surface area contributed by atoms with Gasteiger partial charge < -0.3 is 9.64 Å². The highest BCUT2D eigenvalue weighted by atomic mass is 35.5. The van der Waals surface area contributed by atoms with Gasteiger partial charge >= 0.3 is 0 Å². The van der Waals surface area contributed by atoms with Gasteiger partial charge in [0.05, 0.1) is 18.2 Å². The zero-order valence-electron chi connectivity index (χ0n) is 14.9. The number of carbonyl (C=O) groups excluding carboxylic acids is 1. The first-order chi connectivity index (χ1) is 13.2. The van der Waals surface area contributed by atoms with Gasteiger partial charge in [-0.2, -0.15) is 0 Å². The molecule has 1 amide bonds. The van der Waals surface area contributed by atoms with Gasteiger partial charge in [0, 0.05) is 18.8 Å². The summed E-state index contributed by atoms with van der Waals surface area (Å²) < 4.78 is 5.27. The third-order valence-corrected chi connectivity index (χ3v) is 6.23. The molecule has 0 bridgehead atoms. The SMILES string of the molecule is COc1cc(-c2ccccc2[C@@H]2CCCN2C(=O)c2sccc2Cl)ccn1. The molecule has 1 fully saturated rings. The third-order valence-electron chi connectivity index (χ3n) is 4.90. The largest absolute Gasteiger partial charge is 0.481 e. The number of likely N-dealkylation sites (tertiary alicyclic amines) is 1. The Hall–Kier alpha value is -2.37. The minimum atomic E-state index is 0.0135. The molecule has 0 saturated carbocycles. The first-order valence-electron chi connectivity index (χ1n) is 8.82. The van der Waals surface area contributed by atoms with Crippen molar-refractivity contribution >= 4 is 28.8 Å². The second-order valence-electron chi connectivity index (χ2n) is 6.43. The van der Waals surface area contributed by atoms with Gasteiger partial charge in [-0.3, -0.25) is 4.79 Å². The summed E-state index contributed by atoms with van der Waals surface area (Å²) in [7, 11) is 1.61. The molecule has 3 aromatic rings. The average molecular weight is 399 g/mol. The van der Waals surface area contributed by atoms with Crippen molar-refractivity contribution in [3.63, 3.8) is 0 Å². The molecule has 6 heteroatoms. The molecule has 0 radical (unpaired) electrons. The highest BCUT2D eigenvalue weighted by Crippen LogP contribution is 2.39. The maximum atomic E-state index is 13.1. The van der Waals surface area contributed by atoms with Crippen LogP contribution in [0.3, 0.4) is 0 Å². The Bertz CT molecular complexity index is 972. The standard InChI is InChI=1S/C21H19ClN2O2S/c1-26-19-13-14(8-10-23-19)15-5-2-3-6-16(15)18-7-4-11-24(18)21(25)20-17(22)9-12-27-20/h2-3,5-6,8-10,12-13,18H,4,7,11H2,1H3/t18-/m0/s1. The molecule has 3 heterocycles. The van der Waals surface area contributed by atoms with E-state index in [0.29, 0.717) is 15.8 Å². The molecule has 1 aromatic carbocycles. The van der Waals surface area contributed by atoms with Crippen LogP contribution in [0, 0.1) is 0 Å². The lowest BCUT2D eigenvalue weighted by atomic mass is 9.94. The Morgan fingerprint density at radius 3 is 2.93 bits per heavy atom. The molecule has 1 aliphatic rings. The van der Waals surface area contributed by atoms with Crippen molar-refractivity contribution in [1.82, 2.24) is 9.88 Å². The van der Waals surface area contributed by atoms with Gasteiger partial charge in [-0.1, -0.05) is 35.9 Å². The number of hydrogen-bond acceptors (Lipinski definition) is 4. The monoisotopic (exact) mass is 398 g/mol. The Kier molecular flexibility index (Phi) is 5.14. The molecule has 1 aliphatic heterocycles. The van der Waals surface area contributed by atoms with Crippen molar-refractivity contribution < 1.29 is 9.53 Å². The molecular weight excluding hydrogens is 380 g/mol. The Labute approximate surface area is 167 Å². The summed E-state index contributed by atoms with van der Waals surface area (Å²) in [5.41, 5.74) is 3.27. The van der Waals surface area contributed by atoms with Crippen LogP contribution in [0.4, 0.5) is 0 Å². The summed E-state index contributed by atoms with van der Waals surface area (Å²) in [6, 6.07) is 13.9. The molecule has 27 heavy (non-hydrogen) atoms. The molecule has 0 N–H and O–H groups in total. The number of thiophene rings is 1. The van der Waals surface area contributed by atoms with Crippen molar-refractivity contribution in [2.45, 2.75) is 18.9 Å². The second-order valence-corrected chi connectivity index (χ2v) is 7.75. The van der Waals surface area contributed by atoms with Crippen molar-refractivity contribution in [2.24, 2.45) is 0 Å². The number of amides is 1. The molecule has 1 saturated heterocycles. The lowest BCUT2D eigenvalue weighted by Gasteiger charge is -2.27. The summed E-state index contributed by atoms with van der Waals surface area (Å²) >= 11 is 7.61. The number of nitrogens with zero attached hydrogens (tertiary/aromatic N) is 2. The maximum absolute atomic E-state index is 13.1. The normalized spacial score (nSPS) is 16.5. The minimum Gasteiger partial charge on any atom is -0.481 e. The molecule has 0 spiro atoms. The van der Waals surface area contributed by atoms with Gasteiger partial charge in [-0.15, -0.1) is 11.3 Å². The van der Waals surface area contributed by atoms with Crippen LogP contribution < -0.4 is 4.74 Å². The zero-order chi connectivity index (χ0) is 18.8. The van der Waals surface area contributed by atoms with E-state index in [9.17, 15) is 4.79 Å². The van der Waals surface area contributed by atoms with Gasteiger partial charge in [0.1, 0.15) is 4.88 Å². The van der Waals surface area contributed by atoms with Gasteiger partial charge in [-0.05, 0) is 47.0 Å². The number of aromatic nitrogens is 1. The topological polar surface area (TPSA) is 42.4 Å². The summed E-state index contributed by atoms with van der Waals surface area (Å²) in [6.45, 7) is 0.742. The fourth-order valence-electron chi connectivity index (χ4n) is 3.65. The van der Waals surface area contributed by atoms with Crippen molar-refractivity contribution in [2.75, 3.05) is 13.7 Å². The van der Waals surface area contributed by atoms with Crippen LogP contribution in [-0.2, 0) is 0 Å². The number of methoxy groups -OCH3 is 1. The number of pyridine rings is 1. The molecule has 2 aromatic heterocycles. The number of benzene rings is 1. The van der Waals surface area contributed by atoms with Crippen molar-refractivity contribution in [1.29, 1.82) is 0 Å². The first kappa shape index (κ1) is 18.0. The molecule has 0 aliphatic carbocycles. The van der Waals surface area contributed by atoms with E-state index in [1.54, 1.807) is 19.4 Å².